The van der Waals surface area contributed by atoms with Gasteiger partial charge in [0.25, 0.3) is 5.91 Å². The first-order valence-corrected chi connectivity index (χ1v) is 7.53. The van der Waals surface area contributed by atoms with E-state index in [0.717, 1.165) is 5.56 Å². The Hall–Kier alpha value is -2.50. The molecule has 0 radical (unpaired) electrons. The Bertz CT molecular complexity index is 618. The van der Waals surface area contributed by atoms with Crippen molar-refractivity contribution in [3.05, 3.63) is 29.8 Å². The van der Waals surface area contributed by atoms with Gasteiger partial charge in [0.15, 0.2) is 6.61 Å². The first-order chi connectivity index (χ1) is 10.8. The van der Waals surface area contributed by atoms with Gasteiger partial charge < -0.3 is 20.1 Å². The van der Waals surface area contributed by atoms with E-state index >= 15 is 0 Å². The average Bonchev–Trinajstić information content (AvgIpc) is 2.45. The summed E-state index contributed by atoms with van der Waals surface area (Å²) in [5.74, 6) is 0.521. The fourth-order valence-corrected chi connectivity index (χ4v) is 1.99. The predicted molar refractivity (Wildman–Crippen MR) is 88.5 cm³/mol. The lowest BCUT2D eigenvalue weighted by molar-refractivity contribution is -0.118. The number of hydrogen-bond acceptors (Lipinski definition) is 4. The van der Waals surface area contributed by atoms with Crippen LogP contribution in [0.2, 0.25) is 0 Å². The first kappa shape index (κ1) is 16.9. The molecule has 1 aliphatic heterocycles. The van der Waals surface area contributed by atoms with Crippen molar-refractivity contribution in [2.24, 2.45) is 0 Å². The molecule has 0 fully saturated rings. The average molecular weight is 318 g/mol. The summed E-state index contributed by atoms with van der Waals surface area (Å²) in [5.41, 5.74) is 1.17. The molecule has 0 aromatic heterocycles. The third kappa shape index (κ3) is 5.65. The Morgan fingerprint density at radius 2 is 2.22 bits per heavy atom. The van der Waals surface area contributed by atoms with E-state index in [0.29, 0.717) is 24.4 Å². The molecule has 2 N–H and O–H groups in total. The highest BCUT2D eigenvalue weighted by atomic mass is 16.6. The third-order valence-corrected chi connectivity index (χ3v) is 2.93. The van der Waals surface area contributed by atoms with Crippen LogP contribution in [0.1, 0.15) is 32.8 Å². The molecular weight excluding hydrogens is 296 g/mol. The Labute approximate surface area is 135 Å². The van der Waals surface area contributed by atoms with Gasteiger partial charge in [-0.1, -0.05) is 18.2 Å². The minimum Gasteiger partial charge on any atom is -0.482 e. The van der Waals surface area contributed by atoms with Crippen LogP contribution in [0.5, 0.6) is 5.75 Å². The van der Waals surface area contributed by atoms with Crippen molar-refractivity contribution in [2.45, 2.75) is 32.8 Å². The third-order valence-electron chi connectivity index (χ3n) is 2.93. The quantitative estimate of drug-likeness (QED) is 0.837. The Kier molecular flexibility index (Phi) is 5.26. The summed E-state index contributed by atoms with van der Waals surface area (Å²) < 4.78 is 10.5. The summed E-state index contributed by atoms with van der Waals surface area (Å²) in [4.78, 5) is 22.7. The van der Waals surface area contributed by atoms with E-state index in [1.54, 1.807) is 0 Å². The molecule has 0 saturated carbocycles. The molecule has 6 heteroatoms. The van der Waals surface area contributed by atoms with Gasteiger partial charge in [0.05, 0.1) is 5.69 Å². The van der Waals surface area contributed by atoms with E-state index in [-0.39, 0.29) is 12.5 Å². The highest BCUT2D eigenvalue weighted by Gasteiger charge is 2.16. The molecular formula is C17H22N2O4. The summed E-state index contributed by atoms with van der Waals surface area (Å²) in [6, 6.07) is 5.57. The fraction of sp³-hybridized carbons (Fsp3) is 0.412. The Morgan fingerprint density at radius 3 is 2.96 bits per heavy atom. The Balaban J connectivity index is 1.78. The molecule has 23 heavy (non-hydrogen) atoms. The normalized spacial score (nSPS) is 14.0. The second kappa shape index (κ2) is 7.17. The van der Waals surface area contributed by atoms with Gasteiger partial charge in [0.1, 0.15) is 11.4 Å². The van der Waals surface area contributed by atoms with Gasteiger partial charge in [0.2, 0.25) is 0 Å². The molecule has 1 aliphatic rings. The maximum Gasteiger partial charge on any atom is 0.407 e. The van der Waals surface area contributed by atoms with E-state index in [9.17, 15) is 9.59 Å². The van der Waals surface area contributed by atoms with Crippen LogP contribution in [0.25, 0.3) is 6.08 Å². The van der Waals surface area contributed by atoms with Crippen molar-refractivity contribution in [1.29, 1.82) is 0 Å². The molecule has 0 saturated heterocycles. The molecule has 2 rings (SSSR count). The van der Waals surface area contributed by atoms with Crippen LogP contribution in [0.15, 0.2) is 24.3 Å². The van der Waals surface area contributed by atoms with Crippen LogP contribution in [-0.2, 0) is 9.53 Å². The summed E-state index contributed by atoms with van der Waals surface area (Å²) in [5, 5.41) is 5.44. The highest BCUT2D eigenvalue weighted by Crippen LogP contribution is 2.28. The zero-order chi connectivity index (χ0) is 16.9. The van der Waals surface area contributed by atoms with Gasteiger partial charge >= 0.3 is 6.09 Å². The van der Waals surface area contributed by atoms with Gasteiger partial charge in [-0.15, -0.1) is 0 Å². The van der Waals surface area contributed by atoms with Gasteiger partial charge in [-0.05, 0) is 44.9 Å². The largest absolute Gasteiger partial charge is 0.482 e. The van der Waals surface area contributed by atoms with Crippen LogP contribution in [0, 0.1) is 0 Å². The molecule has 2 amide bonds. The summed E-state index contributed by atoms with van der Waals surface area (Å²) in [7, 11) is 0. The second-order valence-corrected chi connectivity index (χ2v) is 6.21. The van der Waals surface area contributed by atoms with Crippen LogP contribution < -0.4 is 15.4 Å². The van der Waals surface area contributed by atoms with Crippen molar-refractivity contribution in [3.63, 3.8) is 0 Å². The van der Waals surface area contributed by atoms with Crippen molar-refractivity contribution in [3.8, 4) is 5.75 Å². The number of ether oxygens (including phenoxy) is 2. The zero-order valence-electron chi connectivity index (χ0n) is 13.6. The lowest BCUT2D eigenvalue weighted by Crippen LogP contribution is -2.32. The van der Waals surface area contributed by atoms with E-state index in [2.05, 4.69) is 10.6 Å². The lowest BCUT2D eigenvalue weighted by atomic mass is 10.1. The number of nitrogens with one attached hydrogen (secondary N) is 2. The number of benzene rings is 1. The smallest absolute Gasteiger partial charge is 0.407 e. The molecule has 0 spiro atoms. The van der Waals surface area contributed by atoms with Crippen molar-refractivity contribution in [2.75, 3.05) is 18.5 Å². The molecule has 0 aliphatic carbocycles. The number of alkyl carbamates (subject to hydrolysis) is 1. The van der Waals surface area contributed by atoms with E-state index < -0.39 is 11.7 Å². The zero-order valence-corrected chi connectivity index (χ0v) is 13.6. The Morgan fingerprint density at radius 1 is 1.43 bits per heavy atom. The number of amides is 2. The summed E-state index contributed by atoms with van der Waals surface area (Å²) in [6.45, 7) is 6.02. The maximum atomic E-state index is 11.5. The number of fused-ring (bicyclic) bond motifs is 1. The van der Waals surface area contributed by atoms with Crippen LogP contribution in [-0.4, -0.2) is 30.8 Å². The monoisotopic (exact) mass is 318 g/mol. The lowest BCUT2D eigenvalue weighted by Gasteiger charge is -2.19. The molecule has 0 atom stereocenters. The number of hydrogen-bond donors (Lipinski definition) is 2. The topological polar surface area (TPSA) is 76.7 Å². The van der Waals surface area contributed by atoms with E-state index in [1.807, 2.05) is 51.1 Å². The summed E-state index contributed by atoms with van der Waals surface area (Å²) in [6.07, 6.45) is 4.18. The van der Waals surface area contributed by atoms with Crippen molar-refractivity contribution >= 4 is 23.8 Å². The molecule has 1 aromatic carbocycles. The van der Waals surface area contributed by atoms with E-state index in [1.165, 1.54) is 0 Å². The number of anilines is 1. The highest BCUT2D eigenvalue weighted by molar-refractivity contribution is 5.95. The van der Waals surface area contributed by atoms with Gasteiger partial charge in [0, 0.05) is 6.54 Å². The SMILES string of the molecule is CC(C)(C)OC(=O)NCCC=Cc1ccc2c(c1)OCC(=O)N2. The van der Waals surface area contributed by atoms with Crippen molar-refractivity contribution in [1.82, 2.24) is 5.32 Å². The molecule has 0 unspecified atom stereocenters. The summed E-state index contributed by atoms with van der Waals surface area (Å²) >= 11 is 0. The van der Waals surface area contributed by atoms with Crippen LogP contribution in [0.4, 0.5) is 10.5 Å². The fourth-order valence-electron chi connectivity index (χ4n) is 1.99. The maximum absolute atomic E-state index is 11.5. The number of rotatable bonds is 4. The van der Waals surface area contributed by atoms with Gasteiger partial charge in [-0.3, -0.25) is 4.79 Å². The van der Waals surface area contributed by atoms with Gasteiger partial charge in [-0.2, -0.15) is 0 Å². The van der Waals surface area contributed by atoms with Crippen LogP contribution in [0.3, 0.4) is 0 Å². The minimum absolute atomic E-state index is 0.0416. The molecule has 0 bridgehead atoms. The van der Waals surface area contributed by atoms with Crippen LogP contribution >= 0.6 is 0 Å². The standard InChI is InChI=1S/C17H22N2O4/c1-17(2,3)23-16(21)18-9-5-4-6-12-7-8-13-14(10-12)22-11-15(20)19-13/h4,6-8,10H,5,9,11H2,1-3H3,(H,18,21)(H,19,20). The minimum atomic E-state index is -0.488. The first-order valence-electron chi connectivity index (χ1n) is 7.53. The van der Waals surface area contributed by atoms with Crippen molar-refractivity contribution < 1.29 is 19.1 Å². The number of carbonyl (C=O) groups excluding carboxylic acids is 2. The molecule has 1 aromatic rings. The van der Waals surface area contributed by atoms with E-state index in [4.69, 9.17) is 9.47 Å². The predicted octanol–water partition coefficient (Wildman–Crippen LogP) is 2.95. The molecule has 1 heterocycles. The molecule has 6 nitrogen and oxygen atoms in total. The molecule has 124 valence electrons. The second-order valence-electron chi connectivity index (χ2n) is 6.21. The number of carbonyl (C=O) groups is 2. The van der Waals surface area contributed by atoms with Gasteiger partial charge in [-0.25, -0.2) is 4.79 Å².